The molecule has 0 radical (unpaired) electrons. The number of nitrogens with one attached hydrogen (secondary N) is 1. The van der Waals surface area contributed by atoms with E-state index in [9.17, 15) is 8.78 Å². The van der Waals surface area contributed by atoms with E-state index in [1.54, 1.807) is 12.4 Å². The van der Waals surface area contributed by atoms with Crippen LogP contribution in [-0.4, -0.2) is 30.4 Å². The second-order valence-electron chi connectivity index (χ2n) is 9.07. The summed E-state index contributed by atoms with van der Waals surface area (Å²) in [5.41, 5.74) is 2.80. The Morgan fingerprint density at radius 1 is 1.03 bits per heavy atom. The third-order valence-corrected chi connectivity index (χ3v) is 7.42. The summed E-state index contributed by atoms with van der Waals surface area (Å²) >= 11 is 0. The Bertz CT molecular complexity index is 1330. The van der Waals surface area contributed by atoms with Crippen LogP contribution >= 0.6 is 0 Å². The minimum Gasteiger partial charge on any atom is -0.285 e. The fraction of sp³-hybridized carbons (Fsp3) is 0.292. The van der Waals surface area contributed by atoms with Crippen LogP contribution in [0.3, 0.4) is 0 Å². The fourth-order valence-corrected chi connectivity index (χ4v) is 5.86. The van der Waals surface area contributed by atoms with Gasteiger partial charge in [0.15, 0.2) is 5.82 Å². The Labute approximate surface area is 183 Å². The molecule has 0 saturated heterocycles. The van der Waals surface area contributed by atoms with Crippen molar-refractivity contribution in [2.45, 2.75) is 38.0 Å². The minimum absolute atomic E-state index is 0.139. The van der Waals surface area contributed by atoms with E-state index in [0.29, 0.717) is 11.5 Å². The Kier molecular flexibility index (Phi) is 3.88. The van der Waals surface area contributed by atoms with E-state index in [-0.39, 0.29) is 22.6 Å². The van der Waals surface area contributed by atoms with Crippen molar-refractivity contribution in [3.8, 4) is 22.8 Å². The van der Waals surface area contributed by atoms with Gasteiger partial charge in [0, 0.05) is 12.4 Å². The van der Waals surface area contributed by atoms with Gasteiger partial charge in [0.25, 0.3) is 0 Å². The van der Waals surface area contributed by atoms with E-state index in [1.165, 1.54) is 18.2 Å². The first-order valence-corrected chi connectivity index (χ1v) is 10.6. The minimum atomic E-state index is -0.643. The van der Waals surface area contributed by atoms with E-state index >= 15 is 0 Å². The Balaban J connectivity index is 1.54. The lowest BCUT2D eigenvalue weighted by Gasteiger charge is -2.37. The van der Waals surface area contributed by atoms with Gasteiger partial charge in [0.1, 0.15) is 17.3 Å². The number of halogens is 2. The number of benzene rings is 1. The Morgan fingerprint density at radius 2 is 1.84 bits per heavy atom. The second kappa shape index (κ2) is 6.48. The topological polar surface area (TPSA) is 80.2 Å². The molecule has 0 unspecified atom stereocenters. The monoisotopic (exact) mass is 430 g/mol. The molecular formula is C24H20F2N6. The van der Waals surface area contributed by atoms with Crippen molar-refractivity contribution in [1.82, 2.24) is 30.4 Å². The molecule has 0 spiro atoms. The molecule has 6 rings (SSSR count). The number of hydrogen-bond acceptors (Lipinski definition) is 5. The Hall–Kier alpha value is -3.55. The van der Waals surface area contributed by atoms with Crippen LogP contribution in [0.2, 0.25) is 0 Å². The zero-order chi connectivity index (χ0) is 22.1. The molecule has 2 atom stereocenters. The van der Waals surface area contributed by atoms with E-state index in [2.05, 4.69) is 39.2 Å². The zero-order valence-corrected chi connectivity index (χ0v) is 17.6. The summed E-state index contributed by atoms with van der Waals surface area (Å²) < 4.78 is 28.8. The summed E-state index contributed by atoms with van der Waals surface area (Å²) in [7, 11) is 0. The van der Waals surface area contributed by atoms with Gasteiger partial charge in [-0.15, -0.1) is 5.10 Å². The quantitative estimate of drug-likeness (QED) is 0.505. The number of fused-ring (bicyclic) bond motifs is 5. The number of hydrogen-bond donors (Lipinski definition) is 1. The summed E-state index contributed by atoms with van der Waals surface area (Å²) in [4.78, 5) is 9.29. The van der Waals surface area contributed by atoms with Crippen molar-refractivity contribution < 1.29 is 8.78 Å². The zero-order valence-electron chi connectivity index (χ0n) is 17.6. The fourth-order valence-electron chi connectivity index (χ4n) is 5.86. The molecule has 1 saturated carbocycles. The first-order chi connectivity index (χ1) is 15.4. The standard InChI is InChI=1S/C24H20F2N6/c1-23(2)14-6-9-24(23,19-8-10-27-22(29-19)17-7-11-28-30-17)21-13(14)12-18(31-32-21)20-15(25)4-3-5-16(20)26/h3-5,7-8,10-12,14H,6,9H2,1-2H3,(H,28,30)/t14-,24-/m0/s1. The normalized spacial score (nSPS) is 22.8. The van der Waals surface area contributed by atoms with E-state index < -0.39 is 17.0 Å². The number of H-pyrrole nitrogens is 1. The summed E-state index contributed by atoms with van der Waals surface area (Å²) in [5, 5.41) is 15.9. The first kappa shape index (κ1) is 19.2. The lowest BCUT2D eigenvalue weighted by molar-refractivity contribution is 0.243. The molecule has 1 aromatic carbocycles. The predicted octanol–water partition coefficient (Wildman–Crippen LogP) is 4.81. The number of aromatic nitrogens is 6. The molecule has 0 aliphatic heterocycles. The highest BCUT2D eigenvalue weighted by Gasteiger charge is 2.65. The summed E-state index contributed by atoms with van der Waals surface area (Å²) in [6.07, 6.45) is 5.29. The van der Waals surface area contributed by atoms with Gasteiger partial charge in [0.05, 0.1) is 28.1 Å². The van der Waals surface area contributed by atoms with Gasteiger partial charge in [-0.05, 0) is 60.1 Å². The van der Waals surface area contributed by atoms with Crippen molar-refractivity contribution in [2.24, 2.45) is 5.41 Å². The van der Waals surface area contributed by atoms with E-state index in [1.807, 2.05) is 18.2 Å². The van der Waals surface area contributed by atoms with Gasteiger partial charge < -0.3 is 0 Å². The number of aromatic amines is 1. The molecule has 3 heterocycles. The third kappa shape index (κ3) is 2.35. The maximum absolute atomic E-state index is 14.4. The average Bonchev–Trinajstić information content (AvgIpc) is 3.45. The molecule has 2 bridgehead atoms. The summed E-state index contributed by atoms with van der Waals surface area (Å²) in [5.74, 6) is -0.555. The average molecular weight is 430 g/mol. The molecular weight excluding hydrogens is 410 g/mol. The molecule has 1 N–H and O–H groups in total. The number of rotatable bonds is 3. The highest BCUT2D eigenvalue weighted by Crippen LogP contribution is 2.69. The molecule has 6 nitrogen and oxygen atoms in total. The van der Waals surface area contributed by atoms with Gasteiger partial charge in [0.2, 0.25) is 0 Å². The van der Waals surface area contributed by atoms with Crippen LogP contribution in [0.4, 0.5) is 8.78 Å². The third-order valence-electron chi connectivity index (χ3n) is 7.42. The number of nitrogens with zero attached hydrogens (tertiary/aromatic N) is 5. The van der Waals surface area contributed by atoms with Gasteiger partial charge in [-0.1, -0.05) is 19.9 Å². The lowest BCUT2D eigenvalue weighted by atomic mass is 9.66. The van der Waals surface area contributed by atoms with Crippen molar-refractivity contribution in [1.29, 1.82) is 0 Å². The van der Waals surface area contributed by atoms with Gasteiger partial charge in [-0.2, -0.15) is 10.2 Å². The van der Waals surface area contributed by atoms with Crippen molar-refractivity contribution in [2.75, 3.05) is 0 Å². The van der Waals surface area contributed by atoms with Crippen LogP contribution in [-0.2, 0) is 5.41 Å². The van der Waals surface area contributed by atoms with Crippen molar-refractivity contribution in [3.05, 3.63) is 77.4 Å². The summed E-state index contributed by atoms with van der Waals surface area (Å²) in [6, 6.07) is 9.40. The SMILES string of the molecule is CC1(C)[C@H]2CC[C@]1(c1ccnc(-c3cc[nH]n3)n1)c1nnc(-c3c(F)cccc3F)cc12. The van der Waals surface area contributed by atoms with Crippen LogP contribution in [0.15, 0.2) is 48.8 Å². The van der Waals surface area contributed by atoms with Crippen LogP contribution < -0.4 is 0 Å². The van der Waals surface area contributed by atoms with Crippen LogP contribution in [0, 0.1) is 17.0 Å². The molecule has 0 amide bonds. The molecule has 2 aliphatic rings. The van der Waals surface area contributed by atoms with Gasteiger partial charge >= 0.3 is 0 Å². The van der Waals surface area contributed by atoms with Gasteiger partial charge in [-0.3, -0.25) is 5.10 Å². The molecule has 160 valence electrons. The van der Waals surface area contributed by atoms with Gasteiger partial charge in [-0.25, -0.2) is 18.7 Å². The molecule has 1 fully saturated rings. The molecule has 8 heteroatoms. The largest absolute Gasteiger partial charge is 0.285 e. The maximum atomic E-state index is 14.4. The molecule has 32 heavy (non-hydrogen) atoms. The summed E-state index contributed by atoms with van der Waals surface area (Å²) in [6.45, 7) is 4.43. The van der Waals surface area contributed by atoms with E-state index in [0.717, 1.165) is 29.8 Å². The molecule has 4 aromatic rings. The highest BCUT2D eigenvalue weighted by molar-refractivity contribution is 5.64. The molecule has 2 aliphatic carbocycles. The smallest absolute Gasteiger partial charge is 0.180 e. The van der Waals surface area contributed by atoms with Crippen LogP contribution in [0.1, 0.15) is 49.6 Å². The molecule has 3 aromatic heterocycles. The lowest BCUT2D eigenvalue weighted by Crippen LogP contribution is -2.38. The first-order valence-electron chi connectivity index (χ1n) is 10.6. The second-order valence-corrected chi connectivity index (χ2v) is 9.07. The maximum Gasteiger partial charge on any atom is 0.180 e. The highest BCUT2D eigenvalue weighted by atomic mass is 19.1. The van der Waals surface area contributed by atoms with E-state index in [4.69, 9.17) is 4.98 Å². The van der Waals surface area contributed by atoms with Crippen molar-refractivity contribution >= 4 is 0 Å². The van der Waals surface area contributed by atoms with Crippen molar-refractivity contribution in [3.63, 3.8) is 0 Å². The van der Waals surface area contributed by atoms with Crippen LogP contribution in [0.25, 0.3) is 22.8 Å². The van der Waals surface area contributed by atoms with Crippen LogP contribution in [0.5, 0.6) is 0 Å². The predicted molar refractivity (Wildman–Crippen MR) is 114 cm³/mol. The Morgan fingerprint density at radius 3 is 2.59 bits per heavy atom.